The molecule has 0 saturated carbocycles. The van der Waals surface area contributed by atoms with E-state index >= 15 is 0 Å². The van der Waals surface area contributed by atoms with Crippen molar-refractivity contribution in [3.8, 4) is 0 Å². The molecule has 1 aliphatic rings. The van der Waals surface area contributed by atoms with Gasteiger partial charge in [0, 0.05) is 11.3 Å². The Morgan fingerprint density at radius 2 is 2.20 bits per heavy atom. The zero-order valence-corrected chi connectivity index (χ0v) is 10.1. The Morgan fingerprint density at radius 1 is 1.53 bits per heavy atom. The Hall–Kier alpha value is -0.700. The normalized spacial score (nSPS) is 20.4. The van der Waals surface area contributed by atoms with E-state index in [-0.39, 0.29) is 4.21 Å². The van der Waals surface area contributed by atoms with Gasteiger partial charge in [0.05, 0.1) is 0 Å². The van der Waals surface area contributed by atoms with E-state index in [1.807, 2.05) is 0 Å². The van der Waals surface area contributed by atoms with Gasteiger partial charge in [0.1, 0.15) is 8.42 Å². The molecule has 0 fully saturated rings. The Bertz CT molecular complexity index is 570. The molecule has 3 N–H and O–H groups in total. The van der Waals surface area contributed by atoms with Crippen molar-refractivity contribution in [2.24, 2.45) is 5.14 Å². The number of allylic oxidation sites excluding steroid dienone is 1. The third-order valence-electron chi connectivity index (χ3n) is 1.78. The minimum atomic E-state index is -3.71. The third-order valence-corrected chi connectivity index (χ3v) is 5.93. The van der Waals surface area contributed by atoms with Crippen molar-refractivity contribution < 1.29 is 12.6 Å². The molecule has 1 atom stereocenters. The summed E-state index contributed by atoms with van der Waals surface area (Å²) in [4.78, 5) is 0. The molecule has 1 aromatic heterocycles. The first kappa shape index (κ1) is 10.8. The average molecular weight is 264 g/mol. The smallest absolute Gasteiger partial charge is 0.247 e. The fourth-order valence-electron chi connectivity index (χ4n) is 1.21. The molecule has 0 spiro atoms. The van der Waals surface area contributed by atoms with Crippen LogP contribution in [0.2, 0.25) is 0 Å². The van der Waals surface area contributed by atoms with Gasteiger partial charge in [-0.05, 0) is 19.1 Å². The maximum Gasteiger partial charge on any atom is 0.247 e. The molecular weight excluding hydrogens is 256 g/mol. The van der Waals surface area contributed by atoms with Crippen LogP contribution in [-0.4, -0.2) is 12.6 Å². The van der Waals surface area contributed by atoms with Crippen molar-refractivity contribution in [3.05, 3.63) is 17.3 Å². The van der Waals surface area contributed by atoms with Gasteiger partial charge >= 0.3 is 0 Å². The summed E-state index contributed by atoms with van der Waals surface area (Å²) >= 11 is 0.932. The van der Waals surface area contributed by atoms with Crippen LogP contribution in [-0.2, 0) is 21.0 Å². The van der Waals surface area contributed by atoms with E-state index in [0.29, 0.717) is 9.77 Å². The van der Waals surface area contributed by atoms with Crippen LogP contribution in [0.4, 0.5) is 0 Å². The van der Waals surface area contributed by atoms with Gasteiger partial charge in [0.25, 0.3) is 0 Å². The zero-order valence-electron chi connectivity index (χ0n) is 7.68. The lowest BCUT2D eigenvalue weighted by molar-refractivity contribution is 0.600. The summed E-state index contributed by atoms with van der Waals surface area (Å²) in [5.41, 5.74) is 1.39. The molecule has 0 aliphatic carbocycles. The number of hydrogen-bond donors (Lipinski definition) is 2. The number of nitrogens with two attached hydrogens (primary N) is 1. The lowest BCUT2D eigenvalue weighted by Gasteiger charge is -2.10. The molecule has 0 aromatic carbocycles. The summed E-state index contributed by atoms with van der Waals surface area (Å²) in [7, 11) is -5.09. The highest BCUT2D eigenvalue weighted by Crippen LogP contribution is 2.32. The molecule has 0 radical (unpaired) electrons. The summed E-state index contributed by atoms with van der Waals surface area (Å²) < 4.78 is 37.0. The van der Waals surface area contributed by atoms with Crippen molar-refractivity contribution in [3.63, 3.8) is 0 Å². The fraction of sp³-hybridized carbons (Fsp3) is 0.143. The number of hydrogen-bond acceptors (Lipinski definition) is 4. The molecule has 82 valence electrons. The van der Waals surface area contributed by atoms with Crippen LogP contribution in [0.5, 0.6) is 0 Å². The van der Waals surface area contributed by atoms with E-state index < -0.39 is 21.0 Å². The van der Waals surface area contributed by atoms with Crippen LogP contribution in [0.3, 0.4) is 0 Å². The van der Waals surface area contributed by atoms with Gasteiger partial charge in [-0.1, -0.05) is 0 Å². The first-order valence-electron chi connectivity index (χ1n) is 3.91. The summed E-state index contributed by atoms with van der Waals surface area (Å²) in [6, 6.07) is 1.44. The summed E-state index contributed by atoms with van der Waals surface area (Å²) in [5, 5.41) is 4.99. The van der Waals surface area contributed by atoms with E-state index in [0.717, 1.165) is 17.0 Å². The van der Waals surface area contributed by atoms with E-state index in [1.165, 1.54) is 6.07 Å². The van der Waals surface area contributed by atoms with Crippen molar-refractivity contribution in [1.82, 2.24) is 4.72 Å². The van der Waals surface area contributed by atoms with Crippen molar-refractivity contribution in [2.45, 2.75) is 15.3 Å². The predicted molar refractivity (Wildman–Crippen MR) is 58.9 cm³/mol. The number of fused-ring (bicyclic) bond motifs is 1. The van der Waals surface area contributed by atoms with E-state index in [9.17, 15) is 12.6 Å². The van der Waals surface area contributed by atoms with E-state index in [1.54, 1.807) is 13.0 Å². The van der Waals surface area contributed by atoms with Gasteiger partial charge in [-0.2, -0.15) is 0 Å². The zero-order chi connectivity index (χ0) is 11.2. The van der Waals surface area contributed by atoms with E-state index in [4.69, 9.17) is 5.14 Å². The van der Waals surface area contributed by atoms with Crippen LogP contribution in [0.15, 0.2) is 20.2 Å². The number of rotatable bonds is 1. The molecule has 1 aliphatic heterocycles. The molecule has 0 saturated heterocycles. The largest absolute Gasteiger partial charge is 0.305 e. The average Bonchev–Trinajstić information content (AvgIpc) is 2.46. The number of thiophene rings is 1. The quantitative estimate of drug-likeness (QED) is 0.768. The highest BCUT2D eigenvalue weighted by atomic mass is 32.3. The molecule has 2 rings (SSSR count). The van der Waals surface area contributed by atoms with Crippen molar-refractivity contribution >= 4 is 38.4 Å². The highest BCUT2D eigenvalue weighted by molar-refractivity contribution is 7.92. The SMILES string of the molecule is CC1=Cc2cc(S(N)(=O)=O)sc2S(=O)N1. The summed E-state index contributed by atoms with van der Waals surface area (Å²) in [5.74, 6) is 0. The Morgan fingerprint density at radius 3 is 2.80 bits per heavy atom. The second-order valence-corrected chi connectivity index (χ2v) is 7.30. The maximum absolute atomic E-state index is 11.6. The lowest BCUT2D eigenvalue weighted by atomic mass is 10.3. The van der Waals surface area contributed by atoms with E-state index in [2.05, 4.69) is 4.72 Å². The fourth-order valence-corrected chi connectivity index (χ4v) is 4.45. The Kier molecular flexibility index (Phi) is 2.45. The standard InChI is InChI=1S/C7H8N2O3S3/c1-4-2-5-3-6(15(8,11)12)13-7(5)14(10)9-4/h2-3,9H,1H3,(H2,8,11,12). The summed E-state index contributed by atoms with van der Waals surface area (Å²) in [6.07, 6.45) is 1.74. The lowest BCUT2D eigenvalue weighted by Crippen LogP contribution is -2.17. The number of nitrogens with one attached hydrogen (secondary N) is 1. The van der Waals surface area contributed by atoms with Gasteiger partial charge in [-0.3, -0.25) is 0 Å². The van der Waals surface area contributed by atoms with Crippen molar-refractivity contribution in [2.75, 3.05) is 0 Å². The highest BCUT2D eigenvalue weighted by Gasteiger charge is 2.22. The monoisotopic (exact) mass is 264 g/mol. The van der Waals surface area contributed by atoms with Crippen LogP contribution in [0.25, 0.3) is 6.08 Å². The van der Waals surface area contributed by atoms with Crippen LogP contribution >= 0.6 is 11.3 Å². The molecule has 1 aromatic rings. The second-order valence-electron chi connectivity index (χ2n) is 3.05. The molecule has 2 heterocycles. The first-order valence-corrected chi connectivity index (χ1v) is 7.42. The third kappa shape index (κ3) is 1.98. The van der Waals surface area contributed by atoms with Crippen LogP contribution in [0, 0.1) is 0 Å². The van der Waals surface area contributed by atoms with Gasteiger partial charge < -0.3 is 4.72 Å². The van der Waals surface area contributed by atoms with Gasteiger partial charge in [-0.25, -0.2) is 17.8 Å². The Labute approximate surface area is 93.6 Å². The van der Waals surface area contributed by atoms with Gasteiger partial charge in [0.15, 0.2) is 11.0 Å². The second kappa shape index (κ2) is 3.41. The van der Waals surface area contributed by atoms with Gasteiger partial charge in [-0.15, -0.1) is 11.3 Å². The topological polar surface area (TPSA) is 89.3 Å². The van der Waals surface area contributed by atoms with Crippen LogP contribution in [0.1, 0.15) is 12.5 Å². The minimum absolute atomic E-state index is 0.0357. The Balaban J connectivity index is 2.63. The summed E-state index contributed by atoms with van der Waals surface area (Å²) in [6.45, 7) is 1.76. The number of sulfonamides is 1. The number of primary sulfonamides is 1. The molecule has 15 heavy (non-hydrogen) atoms. The predicted octanol–water partition coefficient (Wildman–Crippen LogP) is 0.382. The minimum Gasteiger partial charge on any atom is -0.305 e. The molecular formula is C7H8N2O3S3. The molecule has 0 amide bonds. The molecule has 0 bridgehead atoms. The van der Waals surface area contributed by atoms with Gasteiger partial charge in [0.2, 0.25) is 10.0 Å². The maximum atomic E-state index is 11.6. The van der Waals surface area contributed by atoms with Crippen LogP contribution < -0.4 is 9.86 Å². The molecule has 5 nitrogen and oxygen atoms in total. The first-order chi connectivity index (χ1) is 6.88. The van der Waals surface area contributed by atoms with Crippen molar-refractivity contribution in [1.29, 1.82) is 0 Å². The molecule has 8 heteroatoms. The molecule has 1 unspecified atom stereocenters.